The first-order valence-electron chi connectivity index (χ1n) is 7.54. The maximum absolute atomic E-state index is 7.69. The molecule has 0 aromatic carbocycles. The number of nitrogen functional groups attached to an aromatic ring is 1. The quantitative estimate of drug-likeness (QED) is 0.646. The number of aromatic nitrogens is 1. The maximum atomic E-state index is 7.69. The Morgan fingerprint density at radius 3 is 2.80 bits per heavy atom. The first kappa shape index (κ1) is 13.4. The zero-order valence-electron chi connectivity index (χ0n) is 11.9. The van der Waals surface area contributed by atoms with E-state index in [0.717, 1.165) is 24.5 Å². The van der Waals surface area contributed by atoms with Crippen molar-refractivity contribution in [1.29, 1.82) is 5.41 Å². The topological polar surface area (TPSA) is 69.2 Å². The average Bonchev–Trinajstić information content (AvgIpc) is 2.98. The van der Waals surface area contributed by atoms with Crippen LogP contribution in [0.4, 0.5) is 5.82 Å². The maximum Gasteiger partial charge on any atom is 0.139 e. The summed E-state index contributed by atoms with van der Waals surface area (Å²) >= 11 is 0. The molecule has 0 radical (unpaired) electrons. The predicted octanol–water partition coefficient (Wildman–Crippen LogP) is 1.43. The molecule has 0 amide bonds. The molecule has 0 saturated carbocycles. The second kappa shape index (κ2) is 5.79. The van der Waals surface area contributed by atoms with Crippen molar-refractivity contribution in [3.05, 3.63) is 23.9 Å². The van der Waals surface area contributed by atoms with Crippen LogP contribution < -0.4 is 10.6 Å². The Morgan fingerprint density at radius 2 is 2.05 bits per heavy atom. The minimum Gasteiger partial charge on any atom is -0.384 e. The highest BCUT2D eigenvalue weighted by atomic mass is 15.3. The average molecular weight is 273 g/mol. The SMILES string of the molecule is N=C(N)c1cccnc1N1CCC(N2CCCCC2)C1. The van der Waals surface area contributed by atoms with Gasteiger partial charge in [0.05, 0.1) is 5.56 Å². The summed E-state index contributed by atoms with van der Waals surface area (Å²) in [4.78, 5) is 9.36. The number of amidine groups is 1. The molecule has 5 heteroatoms. The van der Waals surface area contributed by atoms with Gasteiger partial charge in [-0.05, 0) is 44.5 Å². The van der Waals surface area contributed by atoms with E-state index in [9.17, 15) is 0 Å². The van der Waals surface area contributed by atoms with Crippen LogP contribution in [0.5, 0.6) is 0 Å². The van der Waals surface area contributed by atoms with Crippen molar-refractivity contribution in [3.63, 3.8) is 0 Å². The highest BCUT2D eigenvalue weighted by Gasteiger charge is 2.30. The summed E-state index contributed by atoms with van der Waals surface area (Å²) < 4.78 is 0. The van der Waals surface area contributed by atoms with E-state index >= 15 is 0 Å². The molecule has 2 aliphatic heterocycles. The van der Waals surface area contributed by atoms with Crippen molar-refractivity contribution in [2.45, 2.75) is 31.7 Å². The third-order valence-corrected chi connectivity index (χ3v) is 4.45. The summed E-state index contributed by atoms with van der Waals surface area (Å²) in [5, 5.41) is 7.69. The Balaban J connectivity index is 1.72. The molecule has 2 fully saturated rings. The zero-order valence-corrected chi connectivity index (χ0v) is 11.9. The molecule has 1 unspecified atom stereocenters. The molecule has 0 aliphatic carbocycles. The number of hydrogen-bond acceptors (Lipinski definition) is 4. The second-order valence-corrected chi connectivity index (χ2v) is 5.77. The summed E-state index contributed by atoms with van der Waals surface area (Å²) in [6, 6.07) is 4.37. The summed E-state index contributed by atoms with van der Waals surface area (Å²) in [7, 11) is 0. The van der Waals surface area contributed by atoms with Gasteiger partial charge in [0.2, 0.25) is 0 Å². The molecule has 2 aliphatic rings. The standard InChI is InChI=1S/C15H23N5/c16-14(17)13-5-4-7-18-15(13)20-10-6-12(11-20)19-8-2-1-3-9-19/h4-5,7,12H,1-3,6,8-11H2,(H3,16,17). The van der Waals surface area contributed by atoms with Gasteiger partial charge in [-0.1, -0.05) is 6.42 Å². The fourth-order valence-electron chi connectivity index (χ4n) is 3.37. The van der Waals surface area contributed by atoms with Crippen molar-refractivity contribution < 1.29 is 0 Å². The van der Waals surface area contributed by atoms with E-state index in [1.165, 1.54) is 38.8 Å². The van der Waals surface area contributed by atoms with Gasteiger partial charge in [0, 0.05) is 25.3 Å². The molecule has 3 heterocycles. The zero-order chi connectivity index (χ0) is 13.9. The summed E-state index contributed by atoms with van der Waals surface area (Å²) in [5.41, 5.74) is 6.42. The molecule has 1 atom stereocenters. The van der Waals surface area contributed by atoms with Gasteiger partial charge in [0.25, 0.3) is 0 Å². The molecule has 3 N–H and O–H groups in total. The Labute approximate surface area is 120 Å². The second-order valence-electron chi connectivity index (χ2n) is 5.77. The lowest BCUT2D eigenvalue weighted by Gasteiger charge is -2.32. The number of rotatable bonds is 3. The summed E-state index contributed by atoms with van der Waals surface area (Å²) in [6.07, 6.45) is 7.02. The number of nitrogens with two attached hydrogens (primary N) is 1. The van der Waals surface area contributed by atoms with E-state index in [1.807, 2.05) is 12.1 Å². The molecule has 108 valence electrons. The van der Waals surface area contributed by atoms with Crippen molar-refractivity contribution in [2.75, 3.05) is 31.1 Å². The van der Waals surface area contributed by atoms with Crippen LogP contribution in [0.15, 0.2) is 18.3 Å². The van der Waals surface area contributed by atoms with E-state index < -0.39 is 0 Å². The van der Waals surface area contributed by atoms with Gasteiger partial charge < -0.3 is 10.6 Å². The van der Waals surface area contributed by atoms with Crippen LogP contribution >= 0.6 is 0 Å². The number of piperidine rings is 1. The van der Waals surface area contributed by atoms with E-state index in [2.05, 4.69) is 14.8 Å². The van der Waals surface area contributed by atoms with Crippen LogP contribution in [0.3, 0.4) is 0 Å². The number of pyridine rings is 1. The minimum atomic E-state index is 0.106. The Morgan fingerprint density at radius 1 is 1.25 bits per heavy atom. The van der Waals surface area contributed by atoms with Crippen molar-refractivity contribution in [3.8, 4) is 0 Å². The van der Waals surface area contributed by atoms with Crippen molar-refractivity contribution in [2.24, 2.45) is 5.73 Å². The predicted molar refractivity (Wildman–Crippen MR) is 81.3 cm³/mol. The Hall–Kier alpha value is -1.62. The van der Waals surface area contributed by atoms with Gasteiger partial charge in [0.1, 0.15) is 11.7 Å². The lowest BCUT2D eigenvalue weighted by atomic mass is 10.1. The van der Waals surface area contributed by atoms with Crippen LogP contribution in [0.1, 0.15) is 31.2 Å². The van der Waals surface area contributed by atoms with Crippen LogP contribution in [0, 0.1) is 5.41 Å². The molecular weight excluding hydrogens is 250 g/mol. The van der Waals surface area contributed by atoms with E-state index in [0.29, 0.717) is 6.04 Å². The van der Waals surface area contributed by atoms with Crippen LogP contribution in [0.2, 0.25) is 0 Å². The number of likely N-dealkylation sites (tertiary alicyclic amines) is 1. The van der Waals surface area contributed by atoms with Gasteiger partial charge in [-0.2, -0.15) is 0 Å². The van der Waals surface area contributed by atoms with E-state index in [-0.39, 0.29) is 5.84 Å². The molecule has 2 saturated heterocycles. The lowest BCUT2D eigenvalue weighted by molar-refractivity contribution is 0.175. The van der Waals surface area contributed by atoms with Crippen LogP contribution in [-0.2, 0) is 0 Å². The normalized spacial score (nSPS) is 24.0. The number of hydrogen-bond donors (Lipinski definition) is 2. The van der Waals surface area contributed by atoms with Gasteiger partial charge in [-0.15, -0.1) is 0 Å². The molecule has 0 spiro atoms. The third-order valence-electron chi connectivity index (χ3n) is 4.45. The fraction of sp³-hybridized carbons (Fsp3) is 0.600. The highest BCUT2D eigenvalue weighted by molar-refractivity contribution is 5.99. The molecule has 1 aromatic rings. The van der Waals surface area contributed by atoms with Gasteiger partial charge >= 0.3 is 0 Å². The fourth-order valence-corrected chi connectivity index (χ4v) is 3.37. The first-order chi connectivity index (χ1) is 9.75. The monoisotopic (exact) mass is 273 g/mol. The first-order valence-corrected chi connectivity index (χ1v) is 7.54. The third kappa shape index (κ3) is 2.63. The highest BCUT2D eigenvalue weighted by Crippen LogP contribution is 2.25. The summed E-state index contributed by atoms with van der Waals surface area (Å²) in [5.74, 6) is 0.981. The van der Waals surface area contributed by atoms with Crippen molar-refractivity contribution in [1.82, 2.24) is 9.88 Å². The van der Waals surface area contributed by atoms with Gasteiger partial charge in [0.15, 0.2) is 0 Å². The number of anilines is 1. The van der Waals surface area contributed by atoms with Gasteiger partial charge in [-0.25, -0.2) is 4.98 Å². The van der Waals surface area contributed by atoms with E-state index in [1.54, 1.807) is 6.20 Å². The largest absolute Gasteiger partial charge is 0.384 e. The van der Waals surface area contributed by atoms with Gasteiger partial charge in [-0.3, -0.25) is 10.3 Å². The molecule has 1 aromatic heterocycles. The molecule has 0 bridgehead atoms. The Bertz CT molecular complexity index is 481. The number of nitrogens with zero attached hydrogens (tertiary/aromatic N) is 3. The molecule has 3 rings (SSSR count). The molecule has 5 nitrogen and oxygen atoms in total. The van der Waals surface area contributed by atoms with Crippen LogP contribution in [-0.4, -0.2) is 47.9 Å². The number of nitrogens with one attached hydrogen (secondary N) is 1. The van der Waals surface area contributed by atoms with Crippen molar-refractivity contribution >= 4 is 11.7 Å². The lowest BCUT2D eigenvalue weighted by Crippen LogP contribution is -2.41. The smallest absolute Gasteiger partial charge is 0.139 e. The van der Waals surface area contributed by atoms with Crippen LogP contribution in [0.25, 0.3) is 0 Å². The molecular formula is C15H23N5. The van der Waals surface area contributed by atoms with E-state index in [4.69, 9.17) is 11.1 Å². The minimum absolute atomic E-state index is 0.106. The Kier molecular flexibility index (Phi) is 3.87. The molecule has 20 heavy (non-hydrogen) atoms. The summed E-state index contributed by atoms with van der Waals surface area (Å²) in [6.45, 7) is 4.50.